The van der Waals surface area contributed by atoms with E-state index in [2.05, 4.69) is 19.9 Å². The number of carbonyl (C=O) groups excluding carboxylic acids is 1. The van der Waals surface area contributed by atoms with Crippen molar-refractivity contribution in [2.45, 2.75) is 12.8 Å². The van der Waals surface area contributed by atoms with E-state index in [4.69, 9.17) is 0 Å². The van der Waals surface area contributed by atoms with Crippen LogP contribution in [-0.2, 0) is 11.2 Å². The number of carbonyl (C=O) groups is 1. The summed E-state index contributed by atoms with van der Waals surface area (Å²) in [5, 5.41) is 0.571. The van der Waals surface area contributed by atoms with Crippen LogP contribution in [0.2, 0.25) is 0 Å². The van der Waals surface area contributed by atoms with Crippen LogP contribution >= 0.6 is 0 Å². The topological polar surface area (TPSA) is 83.4 Å². The Hall–Kier alpha value is -3.22. The largest absolute Gasteiger partial charge is 0.335 e. The van der Waals surface area contributed by atoms with Crippen LogP contribution in [0.4, 0.5) is 5.82 Å². The van der Waals surface area contributed by atoms with Crippen LogP contribution in [0.1, 0.15) is 12.2 Å². The van der Waals surface area contributed by atoms with Crippen LogP contribution < -0.4 is 15.4 Å². The lowest BCUT2D eigenvalue weighted by Gasteiger charge is -2.31. The number of benzene rings is 1. The molecule has 1 aliphatic heterocycles. The number of aryl methyl sites for hydroxylation is 1. The third-order valence-corrected chi connectivity index (χ3v) is 4.90. The Kier molecular flexibility index (Phi) is 4.82. The third kappa shape index (κ3) is 3.81. The van der Waals surface area contributed by atoms with Crippen LogP contribution in [0, 0.1) is 0 Å². The molecule has 1 aliphatic rings. The molecule has 3 heterocycles. The Labute approximate surface area is 156 Å². The summed E-state index contributed by atoms with van der Waals surface area (Å²) < 4.78 is 0. The number of rotatable bonds is 4. The lowest BCUT2D eigenvalue weighted by molar-refractivity contribution is -0.364. The molecular formula is C20H22N5O2+. The van der Waals surface area contributed by atoms with Gasteiger partial charge in [-0.25, -0.2) is 9.97 Å². The first-order chi connectivity index (χ1) is 13.2. The van der Waals surface area contributed by atoms with Crippen molar-refractivity contribution >= 4 is 22.6 Å². The zero-order valence-electron chi connectivity index (χ0n) is 15.0. The number of hydrogen-bond acceptors (Lipinski definition) is 4. The minimum atomic E-state index is -0.157. The minimum Gasteiger partial charge on any atom is -0.335 e. The van der Waals surface area contributed by atoms with Gasteiger partial charge in [0.05, 0.1) is 30.2 Å². The normalized spacial score (nSPS) is 14.5. The molecule has 0 atom stereocenters. The number of amides is 1. The molecule has 0 radical (unpaired) electrons. The van der Waals surface area contributed by atoms with Crippen molar-refractivity contribution in [2.24, 2.45) is 0 Å². The summed E-state index contributed by atoms with van der Waals surface area (Å²) in [5.74, 6) is 1.73. The van der Waals surface area contributed by atoms with Crippen LogP contribution in [0.3, 0.4) is 0 Å². The quantitative estimate of drug-likeness (QED) is 0.749. The molecule has 0 bridgehead atoms. The summed E-state index contributed by atoms with van der Waals surface area (Å²) in [5.41, 5.74) is 0.507. The van der Waals surface area contributed by atoms with Crippen molar-refractivity contribution < 1.29 is 9.78 Å². The van der Waals surface area contributed by atoms with E-state index < -0.39 is 0 Å². The molecule has 0 saturated carbocycles. The fraction of sp³-hybridized carbons (Fsp3) is 0.300. The van der Waals surface area contributed by atoms with Gasteiger partial charge in [0.25, 0.3) is 11.4 Å². The zero-order valence-corrected chi connectivity index (χ0v) is 15.0. The second-order valence-electron chi connectivity index (χ2n) is 6.65. The summed E-state index contributed by atoms with van der Waals surface area (Å²) in [6.07, 6.45) is 2.69. The Balaban J connectivity index is 1.34. The van der Waals surface area contributed by atoms with Crippen LogP contribution in [0.5, 0.6) is 0 Å². The maximum absolute atomic E-state index is 12.5. The van der Waals surface area contributed by atoms with E-state index in [1.165, 1.54) is 0 Å². The highest BCUT2D eigenvalue weighted by Gasteiger charge is 2.25. The van der Waals surface area contributed by atoms with E-state index in [1.54, 1.807) is 6.07 Å². The monoisotopic (exact) mass is 364 g/mol. The maximum atomic E-state index is 12.5. The highest BCUT2D eigenvalue weighted by Crippen LogP contribution is 2.12. The third-order valence-electron chi connectivity index (χ3n) is 4.90. The molecule has 27 heavy (non-hydrogen) atoms. The molecule has 4 rings (SSSR count). The number of fused-ring (bicyclic) bond motifs is 1. The minimum absolute atomic E-state index is 0.0995. The average Bonchev–Trinajstić information content (AvgIpc) is 2.73. The van der Waals surface area contributed by atoms with Crippen molar-refractivity contribution in [3.63, 3.8) is 0 Å². The Morgan fingerprint density at radius 1 is 1.07 bits per heavy atom. The molecule has 0 aliphatic carbocycles. The van der Waals surface area contributed by atoms with Crippen molar-refractivity contribution in [3.8, 4) is 0 Å². The number of nitrogens with zero attached hydrogens (tertiary/aromatic N) is 3. The maximum Gasteiger partial charge on any atom is 0.274 e. The summed E-state index contributed by atoms with van der Waals surface area (Å²) in [6.45, 7) is 3.00. The van der Waals surface area contributed by atoms with Crippen LogP contribution in [-0.4, -0.2) is 47.0 Å². The molecular weight excluding hydrogens is 342 g/mol. The second-order valence-corrected chi connectivity index (χ2v) is 6.65. The molecule has 1 amide bonds. The Morgan fingerprint density at radius 2 is 1.85 bits per heavy atom. The zero-order chi connectivity index (χ0) is 18.6. The lowest BCUT2D eigenvalue weighted by atomic mass is 10.2. The van der Waals surface area contributed by atoms with E-state index in [0.717, 1.165) is 18.9 Å². The summed E-state index contributed by atoms with van der Waals surface area (Å²) >= 11 is 0. The van der Waals surface area contributed by atoms with Gasteiger partial charge >= 0.3 is 0 Å². The van der Waals surface area contributed by atoms with Crippen molar-refractivity contribution in [1.82, 2.24) is 14.9 Å². The molecule has 1 saturated heterocycles. The summed E-state index contributed by atoms with van der Waals surface area (Å²) in [7, 11) is 0. The highest BCUT2D eigenvalue weighted by molar-refractivity contribution is 5.78. The summed E-state index contributed by atoms with van der Waals surface area (Å²) in [4.78, 5) is 39.3. The molecule has 0 unspecified atom stereocenters. The number of piperazine rings is 1. The van der Waals surface area contributed by atoms with Gasteiger partial charge in [-0.15, -0.1) is 0 Å². The molecule has 2 aromatic heterocycles. The van der Waals surface area contributed by atoms with Gasteiger partial charge in [-0.1, -0.05) is 18.2 Å². The molecule has 138 valence electrons. The molecule has 1 aromatic carbocycles. The molecule has 7 heteroatoms. The Bertz CT molecular complexity index is 994. The number of H-pyrrole nitrogens is 2. The first-order valence-corrected chi connectivity index (χ1v) is 9.18. The van der Waals surface area contributed by atoms with Crippen LogP contribution in [0.25, 0.3) is 10.9 Å². The molecule has 2 N–H and O–H groups in total. The van der Waals surface area contributed by atoms with Gasteiger partial charge in [-0.3, -0.25) is 14.5 Å². The second kappa shape index (κ2) is 7.57. The number of hydrogen-bond donors (Lipinski definition) is 1. The van der Waals surface area contributed by atoms with E-state index in [9.17, 15) is 9.59 Å². The van der Waals surface area contributed by atoms with E-state index in [0.29, 0.717) is 42.7 Å². The smallest absolute Gasteiger partial charge is 0.274 e. The van der Waals surface area contributed by atoms with Gasteiger partial charge < -0.3 is 9.88 Å². The van der Waals surface area contributed by atoms with E-state index in [1.807, 2.05) is 47.5 Å². The Morgan fingerprint density at radius 3 is 2.63 bits per heavy atom. The predicted molar refractivity (Wildman–Crippen MR) is 102 cm³/mol. The number of nitrogens with one attached hydrogen (secondary N) is 2. The molecule has 7 nitrogen and oxygen atoms in total. The van der Waals surface area contributed by atoms with Gasteiger partial charge in [0.1, 0.15) is 18.9 Å². The van der Waals surface area contributed by atoms with Crippen molar-refractivity contribution in [3.05, 3.63) is 64.8 Å². The molecule has 1 fully saturated rings. The van der Waals surface area contributed by atoms with Gasteiger partial charge in [-0.2, -0.15) is 0 Å². The van der Waals surface area contributed by atoms with Gasteiger partial charge in [0.2, 0.25) is 5.91 Å². The van der Waals surface area contributed by atoms with Gasteiger partial charge in [0.15, 0.2) is 0 Å². The van der Waals surface area contributed by atoms with Crippen molar-refractivity contribution in [1.29, 1.82) is 0 Å². The number of aromatic amines is 2. The fourth-order valence-electron chi connectivity index (χ4n) is 3.41. The number of para-hydroxylation sites is 1. The standard InChI is InChI=1S/C20H21N5O2/c26-19(25-13-11-24(12-14-25)18-7-3-4-10-21-18)9-8-17-22-16-6-2-1-5-15(16)20(27)23-17/h1-7,10H,8-9,11-14H2,(H,22,23,27)/p+1. The number of aromatic nitrogens is 3. The summed E-state index contributed by atoms with van der Waals surface area (Å²) in [6, 6.07) is 13.2. The van der Waals surface area contributed by atoms with Crippen LogP contribution in [0.15, 0.2) is 53.5 Å². The first-order valence-electron chi connectivity index (χ1n) is 9.18. The first kappa shape index (κ1) is 17.2. The van der Waals surface area contributed by atoms with E-state index in [-0.39, 0.29) is 11.5 Å². The van der Waals surface area contributed by atoms with Gasteiger partial charge in [-0.05, 0) is 18.2 Å². The fourth-order valence-corrected chi connectivity index (χ4v) is 3.41. The SMILES string of the molecule is O=C(CCc1nc2ccccc2c(=O)[nH]1)N1CCN(c2cccc[nH+]2)CC1. The lowest BCUT2D eigenvalue weighted by Crippen LogP contribution is -2.50. The average molecular weight is 364 g/mol. The molecule has 0 spiro atoms. The van der Waals surface area contributed by atoms with Gasteiger partial charge in [0, 0.05) is 18.9 Å². The number of pyridine rings is 1. The number of anilines is 1. The molecule has 3 aromatic rings. The van der Waals surface area contributed by atoms with E-state index >= 15 is 0 Å². The predicted octanol–water partition coefficient (Wildman–Crippen LogP) is 1.02. The van der Waals surface area contributed by atoms with Crippen molar-refractivity contribution in [2.75, 3.05) is 31.1 Å². The highest BCUT2D eigenvalue weighted by atomic mass is 16.2.